The van der Waals surface area contributed by atoms with Crippen molar-refractivity contribution in [2.75, 3.05) is 33.2 Å². The molecule has 3 rings (SSSR count). The number of rotatable bonds is 4. The van der Waals surface area contributed by atoms with Crippen LogP contribution in [0.1, 0.15) is 18.7 Å². The van der Waals surface area contributed by atoms with E-state index in [9.17, 15) is 4.79 Å². The summed E-state index contributed by atoms with van der Waals surface area (Å²) in [6.07, 6.45) is 1.96. The van der Waals surface area contributed by atoms with Gasteiger partial charge < -0.3 is 14.3 Å². The van der Waals surface area contributed by atoms with Crippen molar-refractivity contribution in [1.29, 1.82) is 0 Å². The van der Waals surface area contributed by atoms with E-state index in [-0.39, 0.29) is 5.91 Å². The molecule has 1 aliphatic rings. The largest absolute Gasteiger partial charge is 0.341 e. The van der Waals surface area contributed by atoms with E-state index in [1.807, 2.05) is 21.7 Å². The van der Waals surface area contributed by atoms with Crippen molar-refractivity contribution in [2.45, 2.75) is 19.3 Å². The molecule has 0 radical (unpaired) electrons. The number of thiophene rings is 1. The number of hydrogen-bond acceptors (Lipinski definition) is 6. The van der Waals surface area contributed by atoms with Crippen LogP contribution in [0.3, 0.4) is 0 Å². The Kier molecular flexibility index (Phi) is 4.84. The second-order valence-electron chi connectivity index (χ2n) is 5.56. The highest BCUT2D eigenvalue weighted by Gasteiger charge is 2.18. The number of carbonyl (C=O) groups excluding carboxylic acids is 1. The standard InChI is InChI=1S/C15H20N4O2S/c1-18-6-2-7-19(9-8-18)14(20)4-3-13-16-15(17-21-13)12-5-10-22-11-12/h5,10-11H,2-4,6-9H2,1H3. The van der Waals surface area contributed by atoms with Gasteiger partial charge in [-0.3, -0.25) is 4.79 Å². The Balaban J connectivity index is 1.53. The van der Waals surface area contributed by atoms with Crippen LogP contribution in [0.4, 0.5) is 0 Å². The van der Waals surface area contributed by atoms with E-state index in [2.05, 4.69) is 22.1 Å². The summed E-state index contributed by atoms with van der Waals surface area (Å²) in [5.74, 6) is 1.30. The Hall–Kier alpha value is -1.73. The zero-order chi connectivity index (χ0) is 15.4. The fourth-order valence-electron chi connectivity index (χ4n) is 2.53. The molecule has 22 heavy (non-hydrogen) atoms. The molecule has 0 aliphatic carbocycles. The summed E-state index contributed by atoms with van der Waals surface area (Å²) in [6, 6.07) is 1.96. The molecule has 0 unspecified atom stereocenters. The van der Waals surface area contributed by atoms with Crippen molar-refractivity contribution in [3.05, 3.63) is 22.7 Å². The van der Waals surface area contributed by atoms with Crippen LogP contribution in [0.5, 0.6) is 0 Å². The van der Waals surface area contributed by atoms with Crippen LogP contribution in [0.25, 0.3) is 11.4 Å². The minimum absolute atomic E-state index is 0.172. The van der Waals surface area contributed by atoms with Gasteiger partial charge in [0.05, 0.1) is 0 Å². The summed E-state index contributed by atoms with van der Waals surface area (Å²) in [5, 5.41) is 7.92. The minimum atomic E-state index is 0.172. The second-order valence-corrected chi connectivity index (χ2v) is 6.34. The number of aromatic nitrogens is 2. The molecule has 2 aromatic rings. The maximum absolute atomic E-state index is 12.3. The lowest BCUT2D eigenvalue weighted by atomic mass is 10.2. The molecule has 0 saturated carbocycles. The summed E-state index contributed by atoms with van der Waals surface area (Å²) in [7, 11) is 2.10. The molecular weight excluding hydrogens is 300 g/mol. The first-order valence-electron chi connectivity index (χ1n) is 7.54. The van der Waals surface area contributed by atoms with Crippen LogP contribution < -0.4 is 0 Å². The normalized spacial score (nSPS) is 16.7. The van der Waals surface area contributed by atoms with Gasteiger partial charge in [-0.1, -0.05) is 5.16 Å². The van der Waals surface area contributed by atoms with Crippen LogP contribution in [-0.2, 0) is 11.2 Å². The van der Waals surface area contributed by atoms with Gasteiger partial charge >= 0.3 is 0 Å². The second kappa shape index (κ2) is 7.02. The van der Waals surface area contributed by atoms with E-state index >= 15 is 0 Å². The lowest BCUT2D eigenvalue weighted by Gasteiger charge is -2.20. The average molecular weight is 320 g/mol. The molecule has 7 heteroatoms. The molecule has 6 nitrogen and oxygen atoms in total. The van der Waals surface area contributed by atoms with Gasteiger partial charge in [0, 0.05) is 43.4 Å². The molecule has 1 fully saturated rings. The first-order chi connectivity index (χ1) is 10.7. The van der Waals surface area contributed by atoms with Crippen molar-refractivity contribution in [2.24, 2.45) is 0 Å². The molecule has 2 aromatic heterocycles. The van der Waals surface area contributed by atoms with Crippen LogP contribution in [0.2, 0.25) is 0 Å². The molecule has 0 aromatic carbocycles. The number of amides is 1. The molecule has 0 bridgehead atoms. The van der Waals surface area contributed by atoms with Gasteiger partial charge in [-0.15, -0.1) is 0 Å². The Labute approximate surface area is 133 Å². The molecule has 118 valence electrons. The Bertz CT molecular complexity index is 611. The molecule has 1 aliphatic heterocycles. The summed E-state index contributed by atoms with van der Waals surface area (Å²) >= 11 is 1.60. The fraction of sp³-hybridized carbons (Fsp3) is 0.533. The van der Waals surface area contributed by atoms with Gasteiger partial charge in [0.2, 0.25) is 17.6 Å². The number of nitrogens with zero attached hydrogens (tertiary/aromatic N) is 4. The van der Waals surface area contributed by atoms with Gasteiger partial charge in [0.15, 0.2) is 0 Å². The summed E-state index contributed by atoms with van der Waals surface area (Å²) in [5.41, 5.74) is 0.960. The van der Waals surface area contributed by atoms with Crippen LogP contribution in [-0.4, -0.2) is 59.1 Å². The summed E-state index contributed by atoms with van der Waals surface area (Å²) in [4.78, 5) is 20.8. The van der Waals surface area contributed by atoms with Gasteiger partial charge in [-0.05, 0) is 31.5 Å². The lowest BCUT2D eigenvalue weighted by molar-refractivity contribution is -0.131. The van der Waals surface area contributed by atoms with E-state index in [4.69, 9.17) is 4.52 Å². The van der Waals surface area contributed by atoms with Gasteiger partial charge in [0.1, 0.15) is 0 Å². The van der Waals surface area contributed by atoms with Crippen molar-refractivity contribution in [3.8, 4) is 11.4 Å². The highest BCUT2D eigenvalue weighted by Crippen LogP contribution is 2.19. The third kappa shape index (κ3) is 3.72. The lowest BCUT2D eigenvalue weighted by Crippen LogP contribution is -2.34. The highest BCUT2D eigenvalue weighted by molar-refractivity contribution is 7.08. The maximum atomic E-state index is 12.3. The molecule has 1 saturated heterocycles. The van der Waals surface area contributed by atoms with Crippen LogP contribution >= 0.6 is 11.3 Å². The summed E-state index contributed by atoms with van der Waals surface area (Å²) in [6.45, 7) is 3.64. The van der Waals surface area contributed by atoms with E-state index < -0.39 is 0 Å². The number of carbonyl (C=O) groups is 1. The first kappa shape index (κ1) is 15.2. The van der Waals surface area contributed by atoms with Gasteiger partial charge in [-0.25, -0.2) is 0 Å². The molecule has 0 atom stereocenters. The van der Waals surface area contributed by atoms with Crippen LogP contribution in [0.15, 0.2) is 21.3 Å². The summed E-state index contributed by atoms with van der Waals surface area (Å²) < 4.78 is 5.23. The third-order valence-corrected chi connectivity index (χ3v) is 4.56. The first-order valence-corrected chi connectivity index (χ1v) is 8.48. The van der Waals surface area contributed by atoms with Gasteiger partial charge in [0.25, 0.3) is 0 Å². The molecule has 0 spiro atoms. The zero-order valence-corrected chi connectivity index (χ0v) is 13.5. The third-order valence-electron chi connectivity index (χ3n) is 3.87. The number of likely N-dealkylation sites (N-methyl/N-ethyl adjacent to an activating group) is 1. The smallest absolute Gasteiger partial charge is 0.227 e. The van der Waals surface area contributed by atoms with Crippen LogP contribution in [0, 0.1) is 0 Å². The molecular formula is C15H20N4O2S. The monoisotopic (exact) mass is 320 g/mol. The van der Waals surface area contributed by atoms with Crippen molar-refractivity contribution in [3.63, 3.8) is 0 Å². The maximum Gasteiger partial charge on any atom is 0.227 e. The number of hydrogen-bond donors (Lipinski definition) is 0. The predicted molar refractivity (Wildman–Crippen MR) is 84.6 cm³/mol. The number of aryl methyl sites for hydroxylation is 1. The topological polar surface area (TPSA) is 62.5 Å². The Morgan fingerprint density at radius 2 is 2.27 bits per heavy atom. The van der Waals surface area contributed by atoms with Crippen molar-refractivity contribution >= 4 is 17.2 Å². The fourth-order valence-corrected chi connectivity index (χ4v) is 3.17. The zero-order valence-electron chi connectivity index (χ0n) is 12.7. The SMILES string of the molecule is CN1CCCN(C(=O)CCc2nc(-c3ccsc3)no2)CC1. The van der Waals surface area contributed by atoms with E-state index in [1.54, 1.807) is 11.3 Å². The molecule has 0 N–H and O–H groups in total. The Morgan fingerprint density at radius 3 is 3.09 bits per heavy atom. The van der Waals surface area contributed by atoms with E-state index in [0.29, 0.717) is 24.6 Å². The van der Waals surface area contributed by atoms with Gasteiger partial charge in [-0.2, -0.15) is 16.3 Å². The van der Waals surface area contributed by atoms with E-state index in [1.165, 1.54) is 0 Å². The predicted octanol–water partition coefficient (Wildman–Crippen LogP) is 1.89. The average Bonchev–Trinajstić information content (AvgIpc) is 3.15. The quantitative estimate of drug-likeness (QED) is 0.861. The van der Waals surface area contributed by atoms with E-state index in [0.717, 1.165) is 38.2 Å². The van der Waals surface area contributed by atoms with Crippen molar-refractivity contribution in [1.82, 2.24) is 19.9 Å². The minimum Gasteiger partial charge on any atom is -0.341 e. The molecule has 1 amide bonds. The van der Waals surface area contributed by atoms with Crippen molar-refractivity contribution < 1.29 is 9.32 Å². The Morgan fingerprint density at radius 1 is 1.36 bits per heavy atom. The molecule has 3 heterocycles. The highest BCUT2D eigenvalue weighted by atomic mass is 32.1.